The lowest BCUT2D eigenvalue weighted by Gasteiger charge is -2.41. The van der Waals surface area contributed by atoms with Crippen molar-refractivity contribution in [2.24, 2.45) is 0 Å². The second-order valence-electron chi connectivity index (χ2n) is 7.06. The summed E-state index contributed by atoms with van der Waals surface area (Å²) in [6.45, 7) is 2.31. The number of ether oxygens (including phenoxy) is 1. The molecule has 1 heterocycles. The number of alkyl halides is 1. The molecule has 2 N–H and O–H groups in total. The number of carbonyl (C=O) groups is 1. The molecule has 3 aromatic rings. The van der Waals surface area contributed by atoms with Crippen LogP contribution in [0.2, 0.25) is 0 Å². The van der Waals surface area contributed by atoms with Crippen molar-refractivity contribution in [2.45, 2.75) is 29.1 Å². The normalized spacial score (nSPS) is 21.5. The number of nitrogens with zero attached hydrogens (tertiary/aromatic N) is 2. The van der Waals surface area contributed by atoms with Crippen LogP contribution in [0, 0.1) is 0 Å². The van der Waals surface area contributed by atoms with Gasteiger partial charge in [-0.3, -0.25) is 0 Å². The maximum atomic E-state index is 11.1. The summed E-state index contributed by atoms with van der Waals surface area (Å²) in [5.74, 6) is -0.0476. The van der Waals surface area contributed by atoms with E-state index < -0.39 is 5.97 Å². The Kier molecular flexibility index (Phi) is 4.63. The highest BCUT2D eigenvalue weighted by molar-refractivity contribution is 14.1. The van der Waals surface area contributed by atoms with Crippen LogP contribution in [0.4, 0.5) is 0 Å². The monoisotopic (exact) mass is 475 g/mol. The molecule has 2 aromatic carbocycles. The van der Waals surface area contributed by atoms with Crippen LogP contribution in [0.5, 0.6) is 11.6 Å². The Labute approximate surface area is 170 Å². The van der Waals surface area contributed by atoms with Gasteiger partial charge in [0, 0.05) is 3.42 Å². The van der Waals surface area contributed by atoms with E-state index in [9.17, 15) is 4.79 Å². The van der Waals surface area contributed by atoms with Crippen molar-refractivity contribution in [2.75, 3.05) is 0 Å². The molecule has 7 heteroatoms. The predicted molar refractivity (Wildman–Crippen MR) is 110 cm³/mol. The molecule has 0 bridgehead atoms. The molecule has 0 aliphatic heterocycles. The lowest BCUT2D eigenvalue weighted by Crippen LogP contribution is -2.33. The molecule has 27 heavy (non-hydrogen) atoms. The van der Waals surface area contributed by atoms with Gasteiger partial charge in [-0.05, 0) is 47.6 Å². The van der Waals surface area contributed by atoms with Gasteiger partial charge in [-0.25, -0.2) is 9.89 Å². The number of H-pyrrole nitrogens is 1. The van der Waals surface area contributed by atoms with Crippen LogP contribution >= 0.6 is 22.6 Å². The SMILES string of the molecule is CC1(I)CC(c2ccc(-c3ccc(Oc4nn[nH]c4C(=O)O)cc3)cc2)C1. The van der Waals surface area contributed by atoms with E-state index in [2.05, 4.69) is 69.2 Å². The van der Waals surface area contributed by atoms with Crippen LogP contribution < -0.4 is 4.74 Å². The highest BCUT2D eigenvalue weighted by Crippen LogP contribution is 2.50. The summed E-state index contributed by atoms with van der Waals surface area (Å²) in [6, 6.07) is 16.2. The van der Waals surface area contributed by atoms with E-state index in [0.717, 1.165) is 11.1 Å². The number of aromatic nitrogens is 3. The number of halogens is 1. The number of carboxylic acid groups (broad SMARTS) is 1. The molecule has 4 rings (SSSR count). The third-order valence-electron chi connectivity index (χ3n) is 4.86. The maximum absolute atomic E-state index is 11.1. The van der Waals surface area contributed by atoms with Gasteiger partial charge >= 0.3 is 5.97 Å². The van der Waals surface area contributed by atoms with Gasteiger partial charge in [-0.1, -0.05) is 76.2 Å². The number of carboxylic acids is 1. The molecule has 1 saturated carbocycles. The van der Waals surface area contributed by atoms with Crippen LogP contribution in [-0.2, 0) is 0 Å². The van der Waals surface area contributed by atoms with Crippen molar-refractivity contribution < 1.29 is 14.6 Å². The number of rotatable bonds is 5. The first-order valence-corrected chi connectivity index (χ1v) is 9.71. The number of aromatic amines is 1. The van der Waals surface area contributed by atoms with Gasteiger partial charge in [0.2, 0.25) is 5.69 Å². The Morgan fingerprint density at radius 3 is 2.30 bits per heavy atom. The Hall–Kier alpha value is -2.42. The quantitative estimate of drug-likeness (QED) is 0.399. The van der Waals surface area contributed by atoms with E-state index in [4.69, 9.17) is 9.84 Å². The molecule has 0 atom stereocenters. The Morgan fingerprint density at radius 2 is 1.74 bits per heavy atom. The lowest BCUT2D eigenvalue weighted by atomic mass is 9.72. The molecule has 6 nitrogen and oxygen atoms in total. The second-order valence-corrected chi connectivity index (χ2v) is 9.67. The molecule has 0 radical (unpaired) electrons. The summed E-state index contributed by atoms with van der Waals surface area (Å²) < 4.78 is 5.95. The van der Waals surface area contributed by atoms with E-state index in [1.165, 1.54) is 18.4 Å². The van der Waals surface area contributed by atoms with Crippen LogP contribution in [-0.4, -0.2) is 29.9 Å². The van der Waals surface area contributed by atoms with Crippen molar-refractivity contribution in [1.29, 1.82) is 0 Å². The fourth-order valence-electron chi connectivity index (χ4n) is 3.41. The fourth-order valence-corrected chi connectivity index (χ4v) is 4.47. The van der Waals surface area contributed by atoms with E-state index in [-0.39, 0.29) is 11.6 Å². The molecule has 138 valence electrons. The number of aromatic carboxylic acids is 1. The van der Waals surface area contributed by atoms with E-state index in [1.807, 2.05) is 12.1 Å². The summed E-state index contributed by atoms with van der Waals surface area (Å²) in [5, 5.41) is 18.5. The molecular weight excluding hydrogens is 457 g/mol. The standard InChI is InChI=1S/C20H18IN3O3/c1-20(21)10-15(11-20)14-4-2-12(3-5-14)13-6-8-16(9-7-13)27-18-17(19(25)26)22-24-23-18/h2-9,15H,10-11H2,1H3,(H,25,26)(H,22,23,24). The minimum absolute atomic E-state index is 0.0534. The van der Waals surface area contributed by atoms with Crippen LogP contribution in [0.1, 0.15) is 41.7 Å². The van der Waals surface area contributed by atoms with Gasteiger partial charge in [0.1, 0.15) is 5.75 Å². The molecular formula is C20H18IN3O3. The summed E-state index contributed by atoms with van der Waals surface area (Å²) in [7, 11) is 0. The first kappa shape index (κ1) is 18.0. The van der Waals surface area contributed by atoms with Crippen molar-refractivity contribution >= 4 is 28.6 Å². The Bertz CT molecular complexity index is 957. The number of benzene rings is 2. The zero-order valence-electron chi connectivity index (χ0n) is 14.6. The van der Waals surface area contributed by atoms with Crippen molar-refractivity contribution in [3.05, 3.63) is 59.8 Å². The predicted octanol–water partition coefficient (Wildman–Crippen LogP) is 5.03. The Balaban J connectivity index is 1.46. The van der Waals surface area contributed by atoms with Gasteiger partial charge in [0.05, 0.1) is 0 Å². The first-order chi connectivity index (χ1) is 12.9. The zero-order chi connectivity index (χ0) is 19.0. The lowest BCUT2D eigenvalue weighted by molar-refractivity contribution is 0.0687. The zero-order valence-corrected chi connectivity index (χ0v) is 16.8. The first-order valence-electron chi connectivity index (χ1n) is 8.63. The van der Waals surface area contributed by atoms with Crippen LogP contribution in [0.3, 0.4) is 0 Å². The molecule has 0 unspecified atom stereocenters. The fraction of sp³-hybridized carbons (Fsp3) is 0.250. The highest BCUT2D eigenvalue weighted by Gasteiger charge is 2.38. The number of hydrogen-bond donors (Lipinski definition) is 2. The summed E-state index contributed by atoms with van der Waals surface area (Å²) in [4.78, 5) is 11.1. The largest absolute Gasteiger partial charge is 0.476 e. The van der Waals surface area contributed by atoms with Crippen LogP contribution in [0.15, 0.2) is 48.5 Å². The molecule has 0 saturated heterocycles. The van der Waals surface area contributed by atoms with E-state index in [1.54, 1.807) is 12.1 Å². The Morgan fingerprint density at radius 1 is 1.15 bits per heavy atom. The van der Waals surface area contributed by atoms with Crippen molar-refractivity contribution in [3.8, 4) is 22.8 Å². The average Bonchev–Trinajstić information content (AvgIpc) is 3.09. The molecule has 0 spiro atoms. The van der Waals surface area contributed by atoms with Gasteiger partial charge in [0.15, 0.2) is 0 Å². The summed E-state index contributed by atoms with van der Waals surface area (Å²) >= 11 is 2.55. The maximum Gasteiger partial charge on any atom is 0.359 e. The smallest absolute Gasteiger partial charge is 0.359 e. The highest BCUT2D eigenvalue weighted by atomic mass is 127. The topological polar surface area (TPSA) is 88.1 Å². The van der Waals surface area contributed by atoms with Crippen molar-refractivity contribution in [3.63, 3.8) is 0 Å². The molecule has 0 amide bonds. The minimum atomic E-state index is -1.17. The minimum Gasteiger partial charge on any atom is -0.476 e. The number of hydrogen-bond acceptors (Lipinski definition) is 4. The third kappa shape index (κ3) is 3.83. The van der Waals surface area contributed by atoms with Gasteiger partial charge in [0.25, 0.3) is 5.88 Å². The summed E-state index contributed by atoms with van der Waals surface area (Å²) in [6.07, 6.45) is 2.47. The number of nitrogens with one attached hydrogen (secondary N) is 1. The molecule has 1 aliphatic carbocycles. The van der Waals surface area contributed by atoms with Gasteiger partial charge < -0.3 is 9.84 Å². The third-order valence-corrected chi connectivity index (χ3v) is 5.74. The van der Waals surface area contributed by atoms with E-state index in [0.29, 0.717) is 15.1 Å². The van der Waals surface area contributed by atoms with E-state index >= 15 is 0 Å². The second kappa shape index (κ2) is 6.95. The van der Waals surface area contributed by atoms with Gasteiger partial charge in [-0.2, -0.15) is 0 Å². The molecule has 1 aliphatic rings. The average molecular weight is 475 g/mol. The van der Waals surface area contributed by atoms with Crippen molar-refractivity contribution in [1.82, 2.24) is 15.4 Å². The molecule has 1 fully saturated rings. The summed E-state index contributed by atoms with van der Waals surface area (Å²) in [5.41, 5.74) is 3.43. The molecule has 1 aromatic heterocycles. The van der Waals surface area contributed by atoms with Gasteiger partial charge in [-0.15, -0.1) is 0 Å². The van der Waals surface area contributed by atoms with Crippen LogP contribution in [0.25, 0.3) is 11.1 Å².